The Morgan fingerprint density at radius 1 is 1.31 bits per heavy atom. The number of rotatable bonds is 3. The zero-order valence-electron chi connectivity index (χ0n) is 10.3. The van der Waals surface area contributed by atoms with Crippen molar-refractivity contribution in [1.29, 1.82) is 0 Å². The van der Waals surface area contributed by atoms with Crippen LogP contribution in [0.25, 0.3) is 0 Å². The minimum Gasteiger partial charge on any atom is -0.330 e. The van der Waals surface area contributed by atoms with Crippen LogP contribution < -0.4 is 5.73 Å². The molecule has 2 rings (SSSR count). The first-order chi connectivity index (χ1) is 7.74. The van der Waals surface area contributed by atoms with Crippen molar-refractivity contribution in [1.82, 2.24) is 9.78 Å². The van der Waals surface area contributed by atoms with Gasteiger partial charge in [0.1, 0.15) is 0 Å². The number of aryl methyl sites for hydroxylation is 1. The summed E-state index contributed by atoms with van der Waals surface area (Å²) in [5.41, 5.74) is 7.56. The summed E-state index contributed by atoms with van der Waals surface area (Å²) in [7, 11) is 1.98. The van der Waals surface area contributed by atoms with Gasteiger partial charge in [0.25, 0.3) is 0 Å². The Morgan fingerprint density at radius 2 is 2.00 bits per heavy atom. The van der Waals surface area contributed by atoms with Crippen LogP contribution in [0.4, 0.5) is 0 Å². The molecule has 16 heavy (non-hydrogen) atoms. The van der Waals surface area contributed by atoms with Crippen molar-refractivity contribution in [2.24, 2.45) is 18.2 Å². The van der Waals surface area contributed by atoms with Crippen LogP contribution in [0.15, 0.2) is 12.3 Å². The Labute approximate surface area is 98.0 Å². The van der Waals surface area contributed by atoms with Gasteiger partial charge in [-0.05, 0) is 37.3 Å². The Hall–Kier alpha value is -0.830. The molecule has 1 aromatic rings. The highest BCUT2D eigenvalue weighted by Gasteiger charge is 2.30. The lowest BCUT2D eigenvalue weighted by Crippen LogP contribution is -2.32. The Balaban J connectivity index is 2.08. The largest absolute Gasteiger partial charge is 0.330 e. The van der Waals surface area contributed by atoms with E-state index in [1.54, 1.807) is 0 Å². The van der Waals surface area contributed by atoms with Gasteiger partial charge in [-0.2, -0.15) is 5.10 Å². The number of hydrogen-bond donors (Lipinski definition) is 1. The Morgan fingerprint density at radius 3 is 2.50 bits per heavy atom. The van der Waals surface area contributed by atoms with Gasteiger partial charge in [0.2, 0.25) is 0 Å². The summed E-state index contributed by atoms with van der Waals surface area (Å²) in [5, 5.41) is 4.49. The van der Waals surface area contributed by atoms with Crippen molar-refractivity contribution < 1.29 is 0 Å². The van der Waals surface area contributed by atoms with Gasteiger partial charge in [0, 0.05) is 13.2 Å². The summed E-state index contributed by atoms with van der Waals surface area (Å²) in [6, 6.07) is 2.13. The summed E-state index contributed by atoms with van der Waals surface area (Å²) in [5.74, 6) is 0. The number of aromatic nitrogens is 2. The number of nitrogens with two attached hydrogens (primary N) is 1. The van der Waals surface area contributed by atoms with Gasteiger partial charge >= 0.3 is 0 Å². The predicted molar refractivity (Wildman–Crippen MR) is 66.1 cm³/mol. The first-order valence-electron chi connectivity index (χ1n) is 6.43. The first kappa shape index (κ1) is 11.6. The van der Waals surface area contributed by atoms with Gasteiger partial charge in [-0.3, -0.25) is 4.68 Å². The molecule has 0 atom stereocenters. The average Bonchev–Trinajstić information content (AvgIpc) is 2.54. The van der Waals surface area contributed by atoms with Gasteiger partial charge in [-0.1, -0.05) is 25.7 Å². The van der Waals surface area contributed by atoms with Crippen molar-refractivity contribution in [2.45, 2.75) is 44.9 Å². The lowest BCUT2D eigenvalue weighted by Gasteiger charge is -2.30. The second-order valence-electron chi connectivity index (χ2n) is 5.28. The maximum atomic E-state index is 6.03. The fourth-order valence-electron chi connectivity index (χ4n) is 2.87. The number of hydrogen-bond acceptors (Lipinski definition) is 2. The van der Waals surface area contributed by atoms with E-state index in [1.165, 1.54) is 44.2 Å². The van der Waals surface area contributed by atoms with E-state index in [2.05, 4.69) is 11.2 Å². The third-order valence-electron chi connectivity index (χ3n) is 3.92. The van der Waals surface area contributed by atoms with E-state index in [4.69, 9.17) is 5.73 Å². The van der Waals surface area contributed by atoms with Crippen LogP contribution in [-0.2, 0) is 13.5 Å². The standard InChI is InChI=1S/C13H23N3/c1-16-9-6-12(15-16)10-13(11-14)7-4-2-3-5-8-13/h6,9H,2-5,7-8,10-11,14H2,1H3. The maximum Gasteiger partial charge on any atom is 0.0630 e. The molecule has 0 unspecified atom stereocenters. The van der Waals surface area contributed by atoms with Gasteiger partial charge in [-0.25, -0.2) is 0 Å². The van der Waals surface area contributed by atoms with Crippen LogP contribution in [0.3, 0.4) is 0 Å². The lowest BCUT2D eigenvalue weighted by molar-refractivity contribution is 0.249. The molecule has 0 aliphatic heterocycles. The summed E-state index contributed by atoms with van der Waals surface area (Å²) < 4.78 is 1.89. The van der Waals surface area contributed by atoms with Crippen molar-refractivity contribution in [3.8, 4) is 0 Å². The molecule has 90 valence electrons. The molecule has 1 aromatic heterocycles. The van der Waals surface area contributed by atoms with E-state index in [0.29, 0.717) is 5.41 Å². The second kappa shape index (κ2) is 5.00. The molecule has 0 saturated heterocycles. The third kappa shape index (κ3) is 2.64. The van der Waals surface area contributed by atoms with Crippen LogP contribution >= 0.6 is 0 Å². The second-order valence-corrected chi connectivity index (χ2v) is 5.28. The van der Waals surface area contributed by atoms with Crippen LogP contribution in [0.1, 0.15) is 44.2 Å². The Bertz CT molecular complexity index is 322. The smallest absolute Gasteiger partial charge is 0.0630 e. The zero-order chi connectivity index (χ0) is 11.4. The molecule has 1 aliphatic rings. The summed E-state index contributed by atoms with van der Waals surface area (Å²) in [6.07, 6.45) is 11.1. The van der Waals surface area contributed by atoms with Crippen LogP contribution in [0.5, 0.6) is 0 Å². The van der Waals surface area contributed by atoms with Gasteiger partial charge in [-0.15, -0.1) is 0 Å². The average molecular weight is 221 g/mol. The topological polar surface area (TPSA) is 43.8 Å². The molecule has 1 saturated carbocycles. The highest BCUT2D eigenvalue weighted by Crippen LogP contribution is 2.36. The van der Waals surface area contributed by atoms with Crippen molar-refractivity contribution in [3.05, 3.63) is 18.0 Å². The highest BCUT2D eigenvalue weighted by atomic mass is 15.2. The normalized spacial score (nSPS) is 20.6. The van der Waals surface area contributed by atoms with Crippen molar-refractivity contribution in [3.63, 3.8) is 0 Å². The van der Waals surface area contributed by atoms with Crippen LogP contribution in [0.2, 0.25) is 0 Å². The molecule has 0 radical (unpaired) electrons. The molecular weight excluding hydrogens is 198 g/mol. The quantitative estimate of drug-likeness (QED) is 0.796. The summed E-state index contributed by atoms with van der Waals surface area (Å²) >= 11 is 0. The molecule has 1 fully saturated rings. The summed E-state index contributed by atoms with van der Waals surface area (Å²) in [4.78, 5) is 0. The molecule has 3 heteroatoms. The minimum atomic E-state index is 0.324. The summed E-state index contributed by atoms with van der Waals surface area (Å²) in [6.45, 7) is 0.809. The molecule has 0 amide bonds. The first-order valence-corrected chi connectivity index (χ1v) is 6.43. The molecular formula is C13H23N3. The molecule has 2 N–H and O–H groups in total. The molecule has 0 spiro atoms. The fraction of sp³-hybridized carbons (Fsp3) is 0.769. The van der Waals surface area contributed by atoms with E-state index in [1.807, 2.05) is 17.9 Å². The maximum absolute atomic E-state index is 6.03. The fourth-order valence-corrected chi connectivity index (χ4v) is 2.87. The molecule has 3 nitrogen and oxygen atoms in total. The minimum absolute atomic E-state index is 0.324. The van der Waals surface area contributed by atoms with E-state index in [9.17, 15) is 0 Å². The lowest BCUT2D eigenvalue weighted by atomic mass is 9.76. The van der Waals surface area contributed by atoms with Crippen LogP contribution in [0, 0.1) is 5.41 Å². The van der Waals surface area contributed by atoms with Gasteiger partial charge < -0.3 is 5.73 Å². The van der Waals surface area contributed by atoms with E-state index >= 15 is 0 Å². The monoisotopic (exact) mass is 221 g/mol. The SMILES string of the molecule is Cn1ccc(CC2(CN)CCCCCC2)n1. The van der Waals surface area contributed by atoms with E-state index in [-0.39, 0.29) is 0 Å². The third-order valence-corrected chi connectivity index (χ3v) is 3.92. The van der Waals surface area contributed by atoms with Crippen molar-refractivity contribution >= 4 is 0 Å². The van der Waals surface area contributed by atoms with E-state index < -0.39 is 0 Å². The molecule has 1 heterocycles. The van der Waals surface area contributed by atoms with Gasteiger partial charge in [0.15, 0.2) is 0 Å². The van der Waals surface area contributed by atoms with Crippen molar-refractivity contribution in [2.75, 3.05) is 6.54 Å². The van der Waals surface area contributed by atoms with E-state index in [0.717, 1.165) is 13.0 Å². The highest BCUT2D eigenvalue weighted by molar-refractivity contribution is 5.04. The number of nitrogens with zero attached hydrogens (tertiary/aromatic N) is 2. The molecule has 0 aromatic carbocycles. The Kier molecular flexibility index (Phi) is 3.64. The zero-order valence-corrected chi connectivity index (χ0v) is 10.3. The molecule has 1 aliphatic carbocycles. The van der Waals surface area contributed by atoms with Crippen LogP contribution in [-0.4, -0.2) is 16.3 Å². The molecule has 0 bridgehead atoms. The predicted octanol–water partition coefficient (Wildman–Crippen LogP) is 2.26. The van der Waals surface area contributed by atoms with Gasteiger partial charge in [0.05, 0.1) is 5.69 Å².